The highest BCUT2D eigenvalue weighted by Crippen LogP contribution is 2.24. The lowest BCUT2D eigenvalue weighted by molar-refractivity contribution is -0.113. The van der Waals surface area contributed by atoms with Crippen molar-refractivity contribution in [3.8, 4) is 11.4 Å². The van der Waals surface area contributed by atoms with Gasteiger partial charge in [-0.15, -0.1) is 10.2 Å². The van der Waals surface area contributed by atoms with E-state index in [1.807, 2.05) is 60.7 Å². The number of hydrogen-bond acceptors (Lipinski definition) is 5. The van der Waals surface area contributed by atoms with Gasteiger partial charge in [-0.05, 0) is 18.9 Å². The van der Waals surface area contributed by atoms with Gasteiger partial charge in [-0.1, -0.05) is 72.5 Å². The zero-order valence-electron chi connectivity index (χ0n) is 16.0. The lowest BCUT2D eigenvalue weighted by atomic mass is 10.1. The van der Waals surface area contributed by atoms with Crippen LogP contribution in [-0.4, -0.2) is 40.5 Å². The first kappa shape index (κ1) is 20.9. The minimum atomic E-state index is 0.142. The van der Waals surface area contributed by atoms with Crippen LogP contribution < -0.4 is 0 Å². The second kappa shape index (κ2) is 11.3. The van der Waals surface area contributed by atoms with E-state index in [4.69, 9.17) is 0 Å². The molecule has 6 heteroatoms. The number of rotatable bonds is 6. The molecular formula is C21H25N3O2S. The molecule has 27 heavy (non-hydrogen) atoms. The Labute approximate surface area is 164 Å². The highest BCUT2D eigenvalue weighted by molar-refractivity contribution is 7.99. The maximum atomic E-state index is 12.4. The highest BCUT2D eigenvalue weighted by atomic mass is 32.2. The Morgan fingerprint density at radius 2 is 1.89 bits per heavy atom. The Kier molecular flexibility index (Phi) is 8.74. The van der Waals surface area contributed by atoms with Crippen LogP contribution in [0.1, 0.15) is 13.3 Å². The summed E-state index contributed by atoms with van der Waals surface area (Å²) in [7, 11) is 3.25. The van der Waals surface area contributed by atoms with Crippen molar-refractivity contribution in [3.63, 3.8) is 0 Å². The van der Waals surface area contributed by atoms with E-state index >= 15 is 0 Å². The number of Topliss-reactive ketones (excluding diaryl/α,β-unsaturated/α-hetero) is 1. The van der Waals surface area contributed by atoms with Gasteiger partial charge in [0.1, 0.15) is 0 Å². The summed E-state index contributed by atoms with van der Waals surface area (Å²) in [5.41, 5.74) is 1.87. The molecule has 0 saturated carbocycles. The molecule has 1 heterocycles. The number of thioether (sulfide) groups is 1. The summed E-state index contributed by atoms with van der Waals surface area (Å²) in [6, 6.07) is 9.99. The molecule has 0 radical (unpaired) electrons. The van der Waals surface area contributed by atoms with Crippen LogP contribution in [0.3, 0.4) is 0 Å². The largest absolute Gasteiger partial charge is 0.388 e. The third kappa shape index (κ3) is 6.05. The topological polar surface area (TPSA) is 57.0 Å². The summed E-state index contributed by atoms with van der Waals surface area (Å²) < 4.78 is 6.30. The van der Waals surface area contributed by atoms with E-state index in [0.717, 1.165) is 28.7 Å². The van der Waals surface area contributed by atoms with Crippen LogP contribution in [0.25, 0.3) is 11.4 Å². The Morgan fingerprint density at radius 1 is 1.15 bits per heavy atom. The predicted molar refractivity (Wildman–Crippen MR) is 111 cm³/mol. The van der Waals surface area contributed by atoms with Gasteiger partial charge >= 0.3 is 0 Å². The minimum Gasteiger partial charge on any atom is -0.388 e. The zero-order chi connectivity index (χ0) is 19.5. The van der Waals surface area contributed by atoms with Crippen molar-refractivity contribution in [2.24, 2.45) is 0 Å². The average Bonchev–Trinajstić information content (AvgIpc) is 2.90. The highest BCUT2D eigenvalue weighted by Gasteiger charge is 2.15. The number of allylic oxidation sites excluding steroid dienone is 6. The van der Waals surface area contributed by atoms with Crippen molar-refractivity contribution in [2.45, 2.75) is 25.0 Å². The van der Waals surface area contributed by atoms with Gasteiger partial charge in [-0.3, -0.25) is 4.79 Å². The molecule has 0 unspecified atom stereocenters. The molecule has 142 valence electrons. The van der Waals surface area contributed by atoms with Crippen LogP contribution in [0, 0.1) is 0 Å². The van der Waals surface area contributed by atoms with E-state index in [1.165, 1.54) is 11.8 Å². The lowest BCUT2D eigenvalue weighted by Gasteiger charge is -2.07. The molecule has 0 saturated heterocycles. The van der Waals surface area contributed by atoms with Crippen molar-refractivity contribution in [2.75, 3.05) is 20.0 Å². The molecular weight excluding hydrogens is 358 g/mol. The number of hydrogen-bond donors (Lipinski definition) is 0. The number of carbonyl (C=O) groups is 1. The smallest absolute Gasteiger partial charge is 0.191 e. The Bertz CT molecular complexity index is 823. The molecule has 0 fully saturated rings. The summed E-state index contributed by atoms with van der Waals surface area (Å²) >= 11 is 1.45. The van der Waals surface area contributed by atoms with Crippen LogP contribution >= 0.6 is 11.8 Å². The van der Waals surface area contributed by atoms with E-state index in [1.54, 1.807) is 14.2 Å². The molecule has 1 aromatic heterocycles. The van der Waals surface area contributed by atoms with Gasteiger partial charge in [0.2, 0.25) is 0 Å². The quantitative estimate of drug-likeness (QED) is 0.695. The molecule has 1 aliphatic rings. The summed E-state index contributed by atoms with van der Waals surface area (Å²) in [5, 5.41) is 9.36. The second-order valence-electron chi connectivity index (χ2n) is 5.75. The number of benzene rings is 1. The molecule has 0 bridgehead atoms. The number of ketones is 1. The Morgan fingerprint density at radius 3 is 2.59 bits per heavy atom. The van der Waals surface area contributed by atoms with E-state index in [9.17, 15) is 4.79 Å². The molecule has 0 aliphatic heterocycles. The van der Waals surface area contributed by atoms with Crippen LogP contribution in [0.2, 0.25) is 0 Å². The summed E-state index contributed by atoms with van der Waals surface area (Å²) in [4.78, 5) is 12.4. The lowest BCUT2D eigenvalue weighted by Crippen LogP contribution is -2.07. The van der Waals surface area contributed by atoms with Gasteiger partial charge in [0, 0.05) is 26.3 Å². The maximum absolute atomic E-state index is 12.4. The second-order valence-corrected chi connectivity index (χ2v) is 6.69. The number of ether oxygens (including phenoxy) is 1. The van der Waals surface area contributed by atoms with Crippen molar-refractivity contribution >= 4 is 17.5 Å². The van der Waals surface area contributed by atoms with Gasteiger partial charge < -0.3 is 9.30 Å². The fourth-order valence-electron chi connectivity index (χ4n) is 2.49. The molecule has 0 spiro atoms. The normalized spacial score (nSPS) is 12.8. The summed E-state index contributed by atoms with van der Waals surface area (Å²) in [5.74, 6) is 1.36. The van der Waals surface area contributed by atoms with Gasteiger partial charge in [0.05, 0.1) is 5.75 Å². The third-order valence-electron chi connectivity index (χ3n) is 3.75. The molecule has 1 aliphatic carbocycles. The first-order chi connectivity index (χ1) is 13.2. The Balaban J connectivity index is 0.000000817. The molecule has 3 rings (SSSR count). The number of carbonyl (C=O) groups excluding carboxylic acids is 1. The molecule has 1 aromatic carbocycles. The fourth-order valence-corrected chi connectivity index (χ4v) is 3.40. The Hall–Kier alpha value is -2.44. The third-order valence-corrected chi connectivity index (χ3v) is 4.72. The van der Waals surface area contributed by atoms with Crippen molar-refractivity contribution in [3.05, 3.63) is 66.3 Å². The van der Waals surface area contributed by atoms with Crippen LogP contribution in [0.5, 0.6) is 0 Å². The van der Waals surface area contributed by atoms with Crippen molar-refractivity contribution in [1.29, 1.82) is 0 Å². The standard InChI is InChI=1S/C19H19N3OS.C2H6O/c1-2-22-18(16-12-8-5-9-13-16)20-21-19(22)24-14-17(23)15-10-6-3-4-7-11-15;1-3-2/h3-10,12-13H,2,11,14H2,1H3;1-2H3. The zero-order valence-corrected chi connectivity index (χ0v) is 16.8. The number of aromatic nitrogens is 3. The molecule has 5 nitrogen and oxygen atoms in total. The van der Waals surface area contributed by atoms with E-state index < -0.39 is 0 Å². The van der Waals surface area contributed by atoms with Gasteiger partial charge in [-0.25, -0.2) is 0 Å². The monoisotopic (exact) mass is 383 g/mol. The predicted octanol–water partition coefficient (Wildman–Crippen LogP) is 4.33. The maximum Gasteiger partial charge on any atom is 0.191 e. The molecule has 0 amide bonds. The minimum absolute atomic E-state index is 0.142. The van der Waals surface area contributed by atoms with Crippen molar-refractivity contribution in [1.82, 2.24) is 14.8 Å². The van der Waals surface area contributed by atoms with Crippen molar-refractivity contribution < 1.29 is 9.53 Å². The first-order valence-electron chi connectivity index (χ1n) is 8.78. The van der Waals surface area contributed by atoms with Gasteiger partial charge in [0.15, 0.2) is 16.8 Å². The average molecular weight is 384 g/mol. The van der Waals surface area contributed by atoms with Crippen LogP contribution in [0.4, 0.5) is 0 Å². The summed E-state index contributed by atoms with van der Waals surface area (Å²) in [6.45, 7) is 2.83. The van der Waals surface area contributed by atoms with Crippen LogP contribution in [0.15, 0.2) is 71.4 Å². The molecule has 2 aromatic rings. The van der Waals surface area contributed by atoms with Gasteiger partial charge in [-0.2, -0.15) is 0 Å². The van der Waals surface area contributed by atoms with E-state index in [-0.39, 0.29) is 5.78 Å². The van der Waals surface area contributed by atoms with E-state index in [2.05, 4.69) is 26.4 Å². The van der Waals surface area contributed by atoms with E-state index in [0.29, 0.717) is 12.2 Å². The fraction of sp³-hybridized carbons (Fsp3) is 0.286. The number of nitrogens with zero attached hydrogens (tertiary/aromatic N) is 3. The molecule has 0 N–H and O–H groups in total. The number of methoxy groups -OCH3 is 1. The molecule has 0 atom stereocenters. The van der Waals surface area contributed by atoms with Gasteiger partial charge in [0.25, 0.3) is 0 Å². The summed E-state index contributed by atoms with van der Waals surface area (Å²) in [6.07, 6.45) is 10.4. The SMILES string of the molecule is CCn1c(SCC(=O)C2=CC=CC=CC2)nnc1-c1ccccc1.COC. The first-order valence-corrected chi connectivity index (χ1v) is 9.76. The van der Waals surface area contributed by atoms with Crippen LogP contribution in [-0.2, 0) is 16.1 Å².